The van der Waals surface area contributed by atoms with Gasteiger partial charge in [-0.05, 0) is 30.5 Å². The number of amides is 1. The van der Waals surface area contributed by atoms with Crippen LogP contribution in [0.2, 0.25) is 0 Å². The lowest BCUT2D eigenvalue weighted by molar-refractivity contribution is -0.119. The number of nitrogens with zero attached hydrogens (tertiary/aromatic N) is 4. The van der Waals surface area contributed by atoms with Gasteiger partial charge in [0.05, 0.1) is 25.0 Å². The summed E-state index contributed by atoms with van der Waals surface area (Å²) in [6, 6.07) is 18.3. The molecule has 0 aliphatic heterocycles. The molecular formula is C21H25N5O. The third kappa shape index (κ3) is 5.01. The number of nitrogens with two attached hydrogens (primary N) is 1. The quantitative estimate of drug-likeness (QED) is 0.667. The Balaban J connectivity index is 1.73. The van der Waals surface area contributed by atoms with E-state index in [9.17, 15) is 4.79 Å². The van der Waals surface area contributed by atoms with Gasteiger partial charge >= 0.3 is 0 Å². The van der Waals surface area contributed by atoms with Crippen LogP contribution in [-0.2, 0) is 17.9 Å². The van der Waals surface area contributed by atoms with Gasteiger partial charge in [0.1, 0.15) is 0 Å². The third-order valence-electron chi connectivity index (χ3n) is 4.73. The Morgan fingerprint density at radius 3 is 2.56 bits per heavy atom. The number of rotatable bonds is 8. The van der Waals surface area contributed by atoms with Gasteiger partial charge in [0.15, 0.2) is 0 Å². The Morgan fingerprint density at radius 1 is 1.15 bits per heavy atom. The molecule has 1 heterocycles. The van der Waals surface area contributed by atoms with Crippen LogP contribution in [0.15, 0.2) is 60.8 Å². The van der Waals surface area contributed by atoms with Crippen molar-refractivity contribution in [1.82, 2.24) is 19.9 Å². The van der Waals surface area contributed by atoms with Gasteiger partial charge in [-0.1, -0.05) is 59.8 Å². The molecule has 27 heavy (non-hydrogen) atoms. The zero-order valence-corrected chi connectivity index (χ0v) is 15.7. The smallest absolute Gasteiger partial charge is 0.231 e. The molecule has 0 aliphatic rings. The predicted molar refractivity (Wildman–Crippen MR) is 105 cm³/mol. The van der Waals surface area contributed by atoms with E-state index in [2.05, 4.69) is 36.3 Å². The second-order valence-electron chi connectivity index (χ2n) is 6.79. The molecule has 0 unspecified atom stereocenters. The van der Waals surface area contributed by atoms with Crippen LogP contribution in [0.5, 0.6) is 0 Å². The summed E-state index contributed by atoms with van der Waals surface area (Å²) >= 11 is 0. The first-order valence-corrected chi connectivity index (χ1v) is 9.03. The molecular weight excluding hydrogens is 338 g/mol. The van der Waals surface area contributed by atoms with Crippen molar-refractivity contribution in [3.63, 3.8) is 0 Å². The summed E-state index contributed by atoms with van der Waals surface area (Å²) in [5.74, 6) is -0.356. The molecule has 2 N–H and O–H groups in total. The summed E-state index contributed by atoms with van der Waals surface area (Å²) < 4.78 is 1.83. The fourth-order valence-electron chi connectivity index (χ4n) is 3.13. The average molecular weight is 363 g/mol. The SMILES string of the molecule is Cc1ccccc1Cn1cc(CN(CC(N)=O)[C@H](C)c2ccccc2)nn1. The maximum atomic E-state index is 11.6. The first kappa shape index (κ1) is 18.8. The van der Waals surface area contributed by atoms with E-state index in [-0.39, 0.29) is 18.5 Å². The maximum Gasteiger partial charge on any atom is 0.231 e. The van der Waals surface area contributed by atoms with E-state index in [0.717, 1.165) is 11.3 Å². The topological polar surface area (TPSA) is 77.0 Å². The second-order valence-corrected chi connectivity index (χ2v) is 6.79. The first-order chi connectivity index (χ1) is 13.0. The Morgan fingerprint density at radius 2 is 1.85 bits per heavy atom. The summed E-state index contributed by atoms with van der Waals surface area (Å²) in [7, 11) is 0. The predicted octanol–water partition coefficient (Wildman–Crippen LogP) is 2.68. The molecule has 0 aliphatic carbocycles. The van der Waals surface area contributed by atoms with Gasteiger partial charge in [0.2, 0.25) is 5.91 Å². The summed E-state index contributed by atoms with van der Waals surface area (Å²) in [4.78, 5) is 13.6. The van der Waals surface area contributed by atoms with E-state index in [1.807, 2.05) is 58.2 Å². The van der Waals surface area contributed by atoms with Gasteiger partial charge in [0, 0.05) is 12.6 Å². The maximum absolute atomic E-state index is 11.6. The molecule has 2 aromatic carbocycles. The lowest BCUT2D eigenvalue weighted by Crippen LogP contribution is -2.35. The van der Waals surface area contributed by atoms with Crippen molar-refractivity contribution < 1.29 is 4.79 Å². The first-order valence-electron chi connectivity index (χ1n) is 9.03. The highest BCUT2D eigenvalue weighted by Gasteiger charge is 2.19. The van der Waals surface area contributed by atoms with Crippen molar-refractivity contribution in [3.05, 3.63) is 83.2 Å². The number of primary amides is 1. The van der Waals surface area contributed by atoms with Gasteiger partial charge in [0.25, 0.3) is 0 Å². The van der Waals surface area contributed by atoms with Gasteiger partial charge in [-0.2, -0.15) is 0 Å². The minimum absolute atomic E-state index is 0.0419. The van der Waals surface area contributed by atoms with E-state index >= 15 is 0 Å². The third-order valence-corrected chi connectivity index (χ3v) is 4.73. The Labute approximate surface area is 159 Å². The van der Waals surface area contributed by atoms with Crippen LogP contribution >= 0.6 is 0 Å². The molecule has 1 aromatic heterocycles. The van der Waals surface area contributed by atoms with Crippen LogP contribution in [-0.4, -0.2) is 32.3 Å². The highest BCUT2D eigenvalue weighted by Crippen LogP contribution is 2.21. The van der Waals surface area contributed by atoms with Crippen molar-refractivity contribution in [1.29, 1.82) is 0 Å². The van der Waals surface area contributed by atoms with Crippen molar-refractivity contribution in [2.45, 2.75) is 33.0 Å². The second kappa shape index (κ2) is 8.60. The van der Waals surface area contributed by atoms with Crippen molar-refractivity contribution >= 4 is 5.91 Å². The van der Waals surface area contributed by atoms with E-state index in [1.54, 1.807) is 0 Å². The van der Waals surface area contributed by atoms with Gasteiger partial charge in [-0.25, -0.2) is 4.68 Å². The number of aromatic nitrogens is 3. The number of carbonyl (C=O) groups is 1. The molecule has 0 spiro atoms. The Hall–Kier alpha value is -2.99. The molecule has 0 fully saturated rings. The number of benzene rings is 2. The van der Waals surface area contributed by atoms with E-state index < -0.39 is 0 Å². The van der Waals surface area contributed by atoms with Crippen LogP contribution in [0.3, 0.4) is 0 Å². The minimum atomic E-state index is -0.356. The lowest BCUT2D eigenvalue weighted by Gasteiger charge is -2.27. The van der Waals surface area contributed by atoms with E-state index in [4.69, 9.17) is 5.73 Å². The molecule has 0 saturated heterocycles. The van der Waals surface area contributed by atoms with Gasteiger partial charge in [-0.3, -0.25) is 9.69 Å². The molecule has 140 valence electrons. The average Bonchev–Trinajstić information content (AvgIpc) is 3.10. The summed E-state index contributed by atoms with van der Waals surface area (Å²) in [5.41, 5.74) is 9.84. The molecule has 1 amide bonds. The van der Waals surface area contributed by atoms with Crippen molar-refractivity contribution in [2.24, 2.45) is 5.73 Å². The summed E-state index contributed by atoms with van der Waals surface area (Å²) in [6.07, 6.45) is 1.93. The van der Waals surface area contributed by atoms with Crippen molar-refractivity contribution in [2.75, 3.05) is 6.54 Å². The molecule has 0 radical (unpaired) electrons. The number of hydrogen-bond acceptors (Lipinski definition) is 4. The Kier molecular flexibility index (Phi) is 5.98. The Bertz CT molecular complexity index is 890. The number of hydrogen-bond donors (Lipinski definition) is 1. The van der Waals surface area contributed by atoms with Gasteiger partial charge in [-0.15, -0.1) is 5.10 Å². The molecule has 3 aromatic rings. The standard InChI is InChI=1S/C21H25N5O/c1-16-8-6-7-11-19(16)12-26-14-20(23-24-26)13-25(15-21(22)27)17(2)18-9-4-3-5-10-18/h3-11,14,17H,12-13,15H2,1-2H3,(H2,22,27)/t17-/m1/s1. The van der Waals surface area contributed by atoms with Crippen LogP contribution in [0.1, 0.15) is 35.3 Å². The van der Waals surface area contributed by atoms with E-state index in [0.29, 0.717) is 13.1 Å². The summed E-state index contributed by atoms with van der Waals surface area (Å²) in [5, 5.41) is 8.53. The monoisotopic (exact) mass is 363 g/mol. The van der Waals surface area contributed by atoms with Crippen LogP contribution in [0.25, 0.3) is 0 Å². The lowest BCUT2D eigenvalue weighted by atomic mass is 10.1. The highest BCUT2D eigenvalue weighted by atomic mass is 16.1. The highest BCUT2D eigenvalue weighted by molar-refractivity contribution is 5.76. The van der Waals surface area contributed by atoms with Crippen LogP contribution in [0.4, 0.5) is 0 Å². The fraction of sp³-hybridized carbons (Fsp3) is 0.286. The molecule has 3 rings (SSSR count). The molecule has 1 atom stereocenters. The van der Waals surface area contributed by atoms with Gasteiger partial charge < -0.3 is 5.73 Å². The van der Waals surface area contributed by atoms with Crippen molar-refractivity contribution in [3.8, 4) is 0 Å². The summed E-state index contributed by atoms with van der Waals surface area (Å²) in [6.45, 7) is 5.50. The zero-order valence-electron chi connectivity index (χ0n) is 15.7. The molecule has 0 bridgehead atoms. The number of aryl methyl sites for hydroxylation is 1. The van der Waals surface area contributed by atoms with Crippen LogP contribution in [0, 0.1) is 6.92 Å². The van der Waals surface area contributed by atoms with Crippen LogP contribution < -0.4 is 5.73 Å². The largest absolute Gasteiger partial charge is 0.369 e. The number of carbonyl (C=O) groups excluding carboxylic acids is 1. The normalized spacial score (nSPS) is 12.3. The minimum Gasteiger partial charge on any atom is -0.369 e. The molecule has 0 saturated carbocycles. The van der Waals surface area contributed by atoms with E-state index in [1.165, 1.54) is 11.1 Å². The zero-order chi connectivity index (χ0) is 19.2. The fourth-order valence-corrected chi connectivity index (χ4v) is 3.13. The molecule has 6 nitrogen and oxygen atoms in total. The molecule has 6 heteroatoms.